The number of nitrogens with zero attached hydrogens (tertiary/aromatic N) is 1. The van der Waals surface area contributed by atoms with E-state index in [0.717, 1.165) is 49.3 Å². The highest BCUT2D eigenvalue weighted by atomic mass is 32.2. The SMILES string of the molecule is O=C1NC(=O)C(Cc2ccc(OCC3CN(C4CCCCN4)CCO3)cc2)S1. The number of hydrogen-bond acceptors (Lipinski definition) is 7. The Labute approximate surface area is 169 Å². The van der Waals surface area contributed by atoms with E-state index in [1.54, 1.807) is 0 Å². The van der Waals surface area contributed by atoms with E-state index in [0.29, 0.717) is 19.2 Å². The second-order valence-electron chi connectivity index (χ2n) is 7.50. The van der Waals surface area contributed by atoms with Crippen molar-refractivity contribution >= 4 is 22.9 Å². The molecule has 3 saturated heterocycles. The number of amides is 2. The Kier molecular flexibility index (Phi) is 6.51. The Morgan fingerprint density at radius 1 is 1.21 bits per heavy atom. The number of imide groups is 1. The smallest absolute Gasteiger partial charge is 0.286 e. The van der Waals surface area contributed by atoms with Gasteiger partial charge in [-0.2, -0.15) is 0 Å². The van der Waals surface area contributed by atoms with Gasteiger partial charge >= 0.3 is 0 Å². The lowest BCUT2D eigenvalue weighted by Crippen LogP contribution is -2.55. The summed E-state index contributed by atoms with van der Waals surface area (Å²) in [6.07, 6.45) is 4.84. The van der Waals surface area contributed by atoms with Crippen molar-refractivity contribution in [1.29, 1.82) is 0 Å². The predicted molar refractivity (Wildman–Crippen MR) is 108 cm³/mol. The van der Waals surface area contributed by atoms with Gasteiger partial charge in [0.2, 0.25) is 5.91 Å². The number of morpholine rings is 1. The highest BCUT2D eigenvalue weighted by Crippen LogP contribution is 2.24. The quantitative estimate of drug-likeness (QED) is 0.746. The molecule has 28 heavy (non-hydrogen) atoms. The largest absolute Gasteiger partial charge is 0.491 e. The molecule has 4 rings (SSSR count). The van der Waals surface area contributed by atoms with Crippen molar-refractivity contribution in [3.05, 3.63) is 29.8 Å². The zero-order valence-corrected chi connectivity index (χ0v) is 16.7. The molecular weight excluding hydrogens is 378 g/mol. The van der Waals surface area contributed by atoms with Gasteiger partial charge in [-0.15, -0.1) is 0 Å². The fourth-order valence-corrected chi connectivity index (χ4v) is 4.78. The van der Waals surface area contributed by atoms with Gasteiger partial charge in [0.15, 0.2) is 0 Å². The van der Waals surface area contributed by atoms with Crippen molar-refractivity contribution < 1.29 is 19.1 Å². The van der Waals surface area contributed by atoms with E-state index < -0.39 is 0 Å². The van der Waals surface area contributed by atoms with Crippen molar-refractivity contribution in [2.75, 3.05) is 32.8 Å². The summed E-state index contributed by atoms with van der Waals surface area (Å²) in [4.78, 5) is 25.4. The second-order valence-corrected chi connectivity index (χ2v) is 8.67. The van der Waals surface area contributed by atoms with E-state index >= 15 is 0 Å². The topological polar surface area (TPSA) is 79.9 Å². The summed E-state index contributed by atoms with van der Waals surface area (Å²) in [6.45, 7) is 4.23. The number of carbonyl (C=O) groups is 2. The summed E-state index contributed by atoms with van der Waals surface area (Å²) in [5, 5.41) is 5.32. The average Bonchev–Trinajstić information content (AvgIpc) is 3.05. The molecular formula is C20H27N3O4S. The van der Waals surface area contributed by atoms with E-state index in [1.165, 1.54) is 19.3 Å². The molecule has 3 fully saturated rings. The fraction of sp³-hybridized carbons (Fsp3) is 0.600. The molecule has 1 aromatic carbocycles. The lowest BCUT2D eigenvalue weighted by molar-refractivity contribution is -0.118. The second kappa shape index (κ2) is 9.26. The molecule has 2 amide bonds. The molecule has 3 aliphatic rings. The highest BCUT2D eigenvalue weighted by Gasteiger charge is 2.31. The van der Waals surface area contributed by atoms with Gasteiger partial charge in [-0.05, 0) is 49.9 Å². The third kappa shape index (κ3) is 5.05. The third-order valence-electron chi connectivity index (χ3n) is 5.44. The van der Waals surface area contributed by atoms with E-state index in [2.05, 4.69) is 15.5 Å². The van der Waals surface area contributed by atoms with Crippen LogP contribution in [0.5, 0.6) is 5.75 Å². The molecule has 3 aliphatic heterocycles. The first-order valence-electron chi connectivity index (χ1n) is 9.99. The summed E-state index contributed by atoms with van der Waals surface area (Å²) < 4.78 is 11.8. The zero-order valence-electron chi connectivity index (χ0n) is 15.9. The molecule has 0 aliphatic carbocycles. The Morgan fingerprint density at radius 2 is 2.07 bits per heavy atom. The van der Waals surface area contributed by atoms with E-state index in [-0.39, 0.29) is 22.5 Å². The maximum Gasteiger partial charge on any atom is 0.286 e. The molecule has 0 radical (unpaired) electrons. The fourth-order valence-electron chi connectivity index (χ4n) is 3.92. The molecule has 1 aromatic rings. The lowest BCUT2D eigenvalue weighted by Gasteiger charge is -2.40. The number of thioether (sulfide) groups is 1. The summed E-state index contributed by atoms with van der Waals surface area (Å²) in [6, 6.07) is 7.73. The minimum Gasteiger partial charge on any atom is -0.491 e. The van der Waals surface area contributed by atoms with E-state index in [1.807, 2.05) is 24.3 Å². The van der Waals surface area contributed by atoms with Crippen molar-refractivity contribution in [1.82, 2.24) is 15.5 Å². The van der Waals surface area contributed by atoms with Crippen molar-refractivity contribution in [2.45, 2.75) is 43.2 Å². The number of hydrogen-bond donors (Lipinski definition) is 2. The maximum atomic E-state index is 11.7. The van der Waals surface area contributed by atoms with Gasteiger partial charge in [-0.25, -0.2) is 0 Å². The standard InChI is InChI=1S/C20H27N3O4S/c24-19-17(28-20(25)22-19)11-14-4-6-15(7-5-14)27-13-16-12-23(9-10-26-16)18-3-1-2-8-21-18/h4-7,16-18,21H,1-3,8-13H2,(H,22,24,25). The molecule has 8 heteroatoms. The monoisotopic (exact) mass is 405 g/mol. The molecule has 0 aromatic heterocycles. The Bertz CT molecular complexity index is 693. The first kappa shape index (κ1) is 19.7. The van der Waals surface area contributed by atoms with Crippen LogP contribution in [0.1, 0.15) is 24.8 Å². The third-order valence-corrected chi connectivity index (χ3v) is 6.42. The van der Waals surface area contributed by atoms with Crippen LogP contribution >= 0.6 is 11.8 Å². The van der Waals surface area contributed by atoms with Gasteiger partial charge in [0.25, 0.3) is 5.24 Å². The van der Waals surface area contributed by atoms with Crippen molar-refractivity contribution in [3.8, 4) is 5.75 Å². The molecule has 2 N–H and O–H groups in total. The molecule has 152 valence electrons. The molecule has 0 bridgehead atoms. The number of rotatable bonds is 6. The zero-order chi connectivity index (χ0) is 19.3. The van der Waals surface area contributed by atoms with Gasteiger partial charge < -0.3 is 14.8 Å². The number of piperidine rings is 1. The first-order chi connectivity index (χ1) is 13.7. The first-order valence-corrected chi connectivity index (χ1v) is 10.9. The number of ether oxygens (including phenoxy) is 2. The summed E-state index contributed by atoms with van der Waals surface area (Å²) in [5.74, 6) is 0.585. The van der Waals surface area contributed by atoms with Crippen molar-refractivity contribution in [2.24, 2.45) is 0 Å². The van der Waals surface area contributed by atoms with Gasteiger partial charge in [0.05, 0.1) is 18.0 Å². The summed E-state index contributed by atoms with van der Waals surface area (Å²) >= 11 is 1.06. The minimum absolute atomic E-state index is 0.0711. The van der Waals surface area contributed by atoms with Crippen LogP contribution < -0.4 is 15.4 Å². The van der Waals surface area contributed by atoms with Crippen LogP contribution in [-0.2, 0) is 16.0 Å². The van der Waals surface area contributed by atoms with Gasteiger partial charge in [0, 0.05) is 13.1 Å². The number of carbonyl (C=O) groups excluding carboxylic acids is 2. The lowest BCUT2D eigenvalue weighted by atomic mass is 10.1. The molecule has 3 heterocycles. The number of nitrogens with one attached hydrogen (secondary N) is 2. The van der Waals surface area contributed by atoms with E-state index in [9.17, 15) is 9.59 Å². The molecule has 3 unspecified atom stereocenters. The molecule has 0 spiro atoms. The van der Waals surface area contributed by atoms with Gasteiger partial charge in [0.1, 0.15) is 18.5 Å². The summed E-state index contributed by atoms with van der Waals surface area (Å²) in [5.41, 5.74) is 1.01. The van der Waals surface area contributed by atoms with Crippen LogP contribution in [0.3, 0.4) is 0 Å². The van der Waals surface area contributed by atoms with Crippen LogP contribution in [-0.4, -0.2) is 66.4 Å². The normalized spacial score (nSPS) is 28.9. The van der Waals surface area contributed by atoms with E-state index in [4.69, 9.17) is 9.47 Å². The number of benzene rings is 1. The Hall–Kier alpha value is -1.61. The Balaban J connectivity index is 1.24. The predicted octanol–water partition coefficient (Wildman–Crippen LogP) is 1.76. The molecule has 7 nitrogen and oxygen atoms in total. The summed E-state index contributed by atoms with van der Waals surface area (Å²) in [7, 11) is 0. The van der Waals surface area contributed by atoms with Crippen LogP contribution in [0.15, 0.2) is 24.3 Å². The Morgan fingerprint density at radius 3 is 2.79 bits per heavy atom. The maximum absolute atomic E-state index is 11.7. The van der Waals surface area contributed by atoms with Gasteiger partial charge in [-0.3, -0.25) is 19.8 Å². The molecule has 3 atom stereocenters. The molecule has 0 saturated carbocycles. The van der Waals surface area contributed by atoms with Crippen molar-refractivity contribution in [3.63, 3.8) is 0 Å². The van der Waals surface area contributed by atoms with Crippen LogP contribution in [0.4, 0.5) is 4.79 Å². The van der Waals surface area contributed by atoms with Crippen LogP contribution in [0.25, 0.3) is 0 Å². The van der Waals surface area contributed by atoms with Crippen LogP contribution in [0.2, 0.25) is 0 Å². The average molecular weight is 406 g/mol. The minimum atomic E-state index is -0.339. The van der Waals surface area contributed by atoms with Crippen LogP contribution in [0, 0.1) is 0 Å². The highest BCUT2D eigenvalue weighted by molar-refractivity contribution is 8.15. The van der Waals surface area contributed by atoms with Gasteiger partial charge in [-0.1, -0.05) is 23.9 Å².